The van der Waals surface area contributed by atoms with Crippen molar-refractivity contribution in [1.29, 1.82) is 0 Å². The molecule has 0 unspecified atom stereocenters. The van der Waals surface area contributed by atoms with Crippen LogP contribution in [0.3, 0.4) is 0 Å². The zero-order valence-corrected chi connectivity index (χ0v) is 16.9. The molecule has 2 amide bonds. The number of nitrogens with one attached hydrogen (secondary N) is 1. The molecule has 2 heterocycles. The molecule has 3 atom stereocenters. The maximum atomic E-state index is 12.9. The first kappa shape index (κ1) is 20.2. The highest BCUT2D eigenvalue weighted by atomic mass is 32.1. The molecule has 3 rings (SSSR count). The highest BCUT2D eigenvalue weighted by Gasteiger charge is 2.37. The number of hydrogen-bond acceptors (Lipinski definition) is 6. The Labute approximate surface area is 164 Å². The number of thiazole rings is 1. The van der Waals surface area contributed by atoms with Gasteiger partial charge < -0.3 is 19.7 Å². The van der Waals surface area contributed by atoms with Crippen molar-refractivity contribution >= 4 is 23.2 Å². The molecule has 2 fully saturated rings. The summed E-state index contributed by atoms with van der Waals surface area (Å²) in [5.41, 5.74) is 0.438. The SMILES string of the molecule is CCCO[C@@H]1CC[C@H](C(=O)N2CCOCC2)C[C@H]1NC(=O)c1csc(C)n1. The number of morpholine rings is 1. The molecule has 1 aliphatic carbocycles. The van der Waals surface area contributed by atoms with Crippen LogP contribution >= 0.6 is 11.3 Å². The van der Waals surface area contributed by atoms with E-state index in [0.29, 0.717) is 45.0 Å². The van der Waals surface area contributed by atoms with Gasteiger partial charge in [-0.1, -0.05) is 6.92 Å². The highest BCUT2D eigenvalue weighted by Crippen LogP contribution is 2.29. The minimum Gasteiger partial charge on any atom is -0.378 e. The summed E-state index contributed by atoms with van der Waals surface area (Å²) in [5.74, 6) is -0.0861. The number of amides is 2. The lowest BCUT2D eigenvalue weighted by atomic mass is 9.82. The number of ether oxygens (including phenoxy) is 2. The Kier molecular flexibility index (Phi) is 7.20. The molecule has 1 aromatic heterocycles. The summed E-state index contributed by atoms with van der Waals surface area (Å²) in [6.07, 6.45) is 3.06. The van der Waals surface area contributed by atoms with Crippen molar-refractivity contribution in [3.63, 3.8) is 0 Å². The Bertz CT molecular complexity index is 645. The predicted octanol–water partition coefficient (Wildman–Crippen LogP) is 2.00. The minimum atomic E-state index is -0.186. The van der Waals surface area contributed by atoms with Gasteiger partial charge in [0.25, 0.3) is 5.91 Å². The summed E-state index contributed by atoms with van der Waals surface area (Å²) in [6, 6.07) is -0.171. The van der Waals surface area contributed by atoms with E-state index in [9.17, 15) is 9.59 Å². The van der Waals surface area contributed by atoms with E-state index in [0.717, 1.165) is 24.3 Å². The summed E-state index contributed by atoms with van der Waals surface area (Å²) < 4.78 is 11.3. The van der Waals surface area contributed by atoms with Gasteiger partial charge in [0, 0.05) is 31.0 Å². The van der Waals surface area contributed by atoms with Gasteiger partial charge >= 0.3 is 0 Å². The Hall–Kier alpha value is -1.51. The average molecular weight is 396 g/mol. The van der Waals surface area contributed by atoms with Gasteiger partial charge in [0.1, 0.15) is 5.69 Å². The Morgan fingerprint density at radius 3 is 2.81 bits per heavy atom. The van der Waals surface area contributed by atoms with Crippen molar-refractivity contribution in [2.75, 3.05) is 32.9 Å². The van der Waals surface area contributed by atoms with Crippen LogP contribution in [0.1, 0.15) is 48.1 Å². The van der Waals surface area contributed by atoms with Crippen molar-refractivity contribution in [1.82, 2.24) is 15.2 Å². The second kappa shape index (κ2) is 9.61. The maximum Gasteiger partial charge on any atom is 0.271 e. The standard InChI is InChI=1S/C19H29N3O4S/c1-3-8-26-17-5-4-14(19(24)22-6-9-25-10-7-22)11-15(17)21-18(23)16-12-27-13(2)20-16/h12,14-15,17H,3-11H2,1-2H3,(H,21,23)/t14-,15+,17+/m0/s1. The van der Waals surface area contributed by atoms with E-state index in [1.54, 1.807) is 5.38 Å². The van der Waals surface area contributed by atoms with Gasteiger partial charge in [-0.15, -0.1) is 11.3 Å². The third-order valence-corrected chi connectivity index (χ3v) is 5.94. The number of rotatable bonds is 6. The van der Waals surface area contributed by atoms with E-state index in [1.807, 2.05) is 11.8 Å². The molecule has 0 spiro atoms. The van der Waals surface area contributed by atoms with Gasteiger partial charge in [0.15, 0.2) is 0 Å². The van der Waals surface area contributed by atoms with Crippen LogP contribution in [-0.4, -0.2) is 66.8 Å². The summed E-state index contributed by atoms with van der Waals surface area (Å²) >= 11 is 1.46. The topological polar surface area (TPSA) is 80.8 Å². The molecule has 8 heteroatoms. The number of hydrogen-bond donors (Lipinski definition) is 1. The first-order valence-corrected chi connectivity index (χ1v) is 10.7. The second-order valence-electron chi connectivity index (χ2n) is 7.19. The third kappa shape index (κ3) is 5.27. The average Bonchev–Trinajstić information content (AvgIpc) is 3.13. The molecule has 27 heavy (non-hydrogen) atoms. The summed E-state index contributed by atoms with van der Waals surface area (Å²) in [6.45, 7) is 7.12. The van der Waals surface area contributed by atoms with Gasteiger partial charge in [0.05, 0.1) is 30.4 Å². The molecule has 1 saturated heterocycles. The number of carbonyl (C=O) groups excluding carboxylic acids is 2. The fourth-order valence-corrected chi connectivity index (χ4v) is 4.33. The smallest absolute Gasteiger partial charge is 0.271 e. The molecule has 1 aliphatic heterocycles. The van der Waals surface area contributed by atoms with Crippen molar-refractivity contribution in [3.05, 3.63) is 16.1 Å². The third-order valence-electron chi connectivity index (χ3n) is 5.16. The number of aryl methyl sites for hydroxylation is 1. The van der Waals surface area contributed by atoms with Gasteiger partial charge in [-0.3, -0.25) is 9.59 Å². The van der Waals surface area contributed by atoms with Crippen molar-refractivity contribution in [2.45, 2.75) is 51.7 Å². The fraction of sp³-hybridized carbons (Fsp3) is 0.737. The van der Waals surface area contributed by atoms with Gasteiger partial charge in [-0.25, -0.2) is 4.98 Å². The lowest BCUT2D eigenvalue weighted by molar-refractivity contribution is -0.142. The summed E-state index contributed by atoms with van der Waals surface area (Å²) in [5, 5.41) is 5.71. The van der Waals surface area contributed by atoms with Crippen molar-refractivity contribution in [3.8, 4) is 0 Å². The maximum absolute atomic E-state index is 12.9. The minimum absolute atomic E-state index is 0.0534. The summed E-state index contributed by atoms with van der Waals surface area (Å²) in [7, 11) is 0. The Balaban J connectivity index is 1.65. The normalized spacial score (nSPS) is 26.0. The van der Waals surface area contributed by atoms with Crippen LogP contribution in [0, 0.1) is 12.8 Å². The molecule has 1 aromatic rings. The molecule has 0 radical (unpaired) electrons. The molecular weight excluding hydrogens is 366 g/mol. The van der Waals surface area contributed by atoms with Gasteiger partial charge in [-0.2, -0.15) is 0 Å². The van der Waals surface area contributed by atoms with Crippen molar-refractivity contribution < 1.29 is 19.1 Å². The predicted molar refractivity (Wildman–Crippen MR) is 103 cm³/mol. The second-order valence-corrected chi connectivity index (χ2v) is 8.25. The zero-order chi connectivity index (χ0) is 19.2. The van der Waals surface area contributed by atoms with Crippen LogP contribution < -0.4 is 5.32 Å². The lowest BCUT2D eigenvalue weighted by Crippen LogP contribution is -2.52. The molecule has 1 N–H and O–H groups in total. The molecule has 7 nitrogen and oxygen atoms in total. The quantitative estimate of drug-likeness (QED) is 0.797. The first-order valence-electron chi connectivity index (χ1n) is 9.79. The van der Waals surface area contributed by atoms with Crippen LogP contribution in [0.2, 0.25) is 0 Å². The first-order chi connectivity index (χ1) is 13.1. The van der Waals surface area contributed by atoms with Gasteiger partial charge in [0.2, 0.25) is 5.91 Å². The van der Waals surface area contributed by atoms with E-state index in [-0.39, 0.29) is 29.9 Å². The number of nitrogens with zero attached hydrogens (tertiary/aromatic N) is 2. The molecule has 1 saturated carbocycles. The summed E-state index contributed by atoms with van der Waals surface area (Å²) in [4.78, 5) is 31.6. The largest absolute Gasteiger partial charge is 0.378 e. The zero-order valence-electron chi connectivity index (χ0n) is 16.1. The van der Waals surface area contributed by atoms with Crippen LogP contribution in [-0.2, 0) is 14.3 Å². The van der Waals surface area contributed by atoms with Crippen LogP contribution in [0.25, 0.3) is 0 Å². The molecular formula is C19H29N3O4S. The van der Waals surface area contributed by atoms with E-state index in [2.05, 4.69) is 17.2 Å². The number of aromatic nitrogens is 1. The van der Waals surface area contributed by atoms with E-state index < -0.39 is 0 Å². The molecule has 150 valence electrons. The fourth-order valence-electron chi connectivity index (χ4n) is 3.74. The number of carbonyl (C=O) groups is 2. The Morgan fingerprint density at radius 2 is 2.15 bits per heavy atom. The molecule has 0 aromatic carbocycles. The van der Waals surface area contributed by atoms with Gasteiger partial charge in [-0.05, 0) is 32.6 Å². The van der Waals surface area contributed by atoms with E-state index in [1.165, 1.54) is 11.3 Å². The molecule has 0 bridgehead atoms. The van der Waals surface area contributed by atoms with Crippen LogP contribution in [0.4, 0.5) is 0 Å². The van der Waals surface area contributed by atoms with Crippen molar-refractivity contribution in [2.24, 2.45) is 5.92 Å². The Morgan fingerprint density at radius 1 is 1.37 bits per heavy atom. The molecule has 2 aliphatic rings. The van der Waals surface area contributed by atoms with E-state index in [4.69, 9.17) is 9.47 Å². The monoisotopic (exact) mass is 395 g/mol. The van der Waals surface area contributed by atoms with Crippen LogP contribution in [0.15, 0.2) is 5.38 Å². The van der Waals surface area contributed by atoms with Crippen LogP contribution in [0.5, 0.6) is 0 Å². The van der Waals surface area contributed by atoms with E-state index >= 15 is 0 Å². The lowest BCUT2D eigenvalue weighted by Gasteiger charge is -2.38. The highest BCUT2D eigenvalue weighted by molar-refractivity contribution is 7.09.